The summed E-state index contributed by atoms with van der Waals surface area (Å²) >= 11 is 0. The number of amides is 1. The van der Waals surface area contributed by atoms with Crippen molar-refractivity contribution in [2.75, 3.05) is 22.7 Å². The highest BCUT2D eigenvalue weighted by Gasteiger charge is 2.20. The molecule has 1 saturated heterocycles. The van der Waals surface area contributed by atoms with E-state index in [0.29, 0.717) is 17.8 Å². The molecule has 1 amide bonds. The maximum Gasteiger partial charge on any atom is 0.261 e. The van der Waals surface area contributed by atoms with Crippen molar-refractivity contribution < 1.29 is 13.2 Å². The lowest BCUT2D eigenvalue weighted by molar-refractivity contribution is 0.0950. The lowest BCUT2D eigenvalue weighted by Gasteiger charge is -2.21. The number of carbonyl (C=O) groups excluding carboxylic acids is 1. The Morgan fingerprint density at radius 2 is 1.61 bits per heavy atom. The topological polar surface area (TPSA) is 78.5 Å². The van der Waals surface area contributed by atoms with Crippen LogP contribution in [-0.4, -0.2) is 27.4 Å². The summed E-state index contributed by atoms with van der Waals surface area (Å²) in [6.07, 6.45) is 2.36. The summed E-state index contributed by atoms with van der Waals surface area (Å²) in [6.45, 7) is 6.07. The van der Waals surface area contributed by atoms with Crippen LogP contribution in [0.15, 0.2) is 71.6 Å². The van der Waals surface area contributed by atoms with Gasteiger partial charge in [-0.2, -0.15) is 0 Å². The van der Waals surface area contributed by atoms with Gasteiger partial charge in [-0.3, -0.25) is 9.52 Å². The molecule has 0 aromatic heterocycles. The second kappa shape index (κ2) is 9.67. The number of hydrogen-bond acceptors (Lipinski definition) is 4. The molecule has 3 aromatic rings. The Hall–Kier alpha value is -3.32. The first-order valence-electron chi connectivity index (χ1n) is 11.2. The molecule has 1 fully saturated rings. The van der Waals surface area contributed by atoms with Crippen LogP contribution in [0.3, 0.4) is 0 Å². The summed E-state index contributed by atoms with van der Waals surface area (Å²) in [5.41, 5.74) is 4.60. The van der Waals surface area contributed by atoms with E-state index >= 15 is 0 Å². The van der Waals surface area contributed by atoms with Gasteiger partial charge in [0.2, 0.25) is 0 Å². The van der Waals surface area contributed by atoms with Crippen molar-refractivity contribution in [1.29, 1.82) is 0 Å². The van der Waals surface area contributed by atoms with E-state index in [-0.39, 0.29) is 10.8 Å². The molecule has 0 saturated carbocycles. The molecular formula is C26H29N3O3S. The Bertz CT molecular complexity index is 1270. The van der Waals surface area contributed by atoms with Crippen molar-refractivity contribution in [3.63, 3.8) is 0 Å². The van der Waals surface area contributed by atoms with Gasteiger partial charge in [0.1, 0.15) is 0 Å². The lowest BCUT2D eigenvalue weighted by Crippen LogP contribution is -2.26. The summed E-state index contributed by atoms with van der Waals surface area (Å²) in [7, 11) is -3.83. The minimum absolute atomic E-state index is 0.0546. The van der Waals surface area contributed by atoms with E-state index in [1.54, 1.807) is 25.1 Å². The van der Waals surface area contributed by atoms with Crippen LogP contribution in [-0.2, 0) is 16.6 Å². The molecule has 33 heavy (non-hydrogen) atoms. The number of carbonyl (C=O) groups is 1. The molecule has 2 N–H and O–H groups in total. The van der Waals surface area contributed by atoms with Crippen LogP contribution in [0.1, 0.15) is 39.9 Å². The van der Waals surface area contributed by atoms with Gasteiger partial charge in [-0.25, -0.2) is 8.42 Å². The first-order chi connectivity index (χ1) is 15.8. The SMILES string of the molecule is Cc1ccccc1NS(=O)(=O)c1ccc(C)c(C(=O)NCc2ccccc2N2CCCC2)c1. The number of hydrogen-bond donors (Lipinski definition) is 2. The lowest BCUT2D eigenvalue weighted by atomic mass is 10.1. The highest BCUT2D eigenvalue weighted by Crippen LogP contribution is 2.25. The van der Waals surface area contributed by atoms with Crippen LogP contribution < -0.4 is 14.9 Å². The molecule has 1 aliphatic rings. The van der Waals surface area contributed by atoms with Gasteiger partial charge >= 0.3 is 0 Å². The molecule has 0 unspecified atom stereocenters. The maximum atomic E-state index is 13.0. The Morgan fingerprint density at radius 3 is 2.36 bits per heavy atom. The predicted molar refractivity (Wildman–Crippen MR) is 132 cm³/mol. The Kier molecular flexibility index (Phi) is 6.70. The minimum Gasteiger partial charge on any atom is -0.371 e. The average molecular weight is 464 g/mol. The van der Waals surface area contributed by atoms with Crippen LogP contribution in [0.4, 0.5) is 11.4 Å². The molecule has 3 aromatic carbocycles. The summed E-state index contributed by atoms with van der Waals surface area (Å²) in [4.78, 5) is 15.4. The number of nitrogens with zero attached hydrogens (tertiary/aromatic N) is 1. The van der Waals surface area contributed by atoms with Crippen molar-refractivity contribution in [2.45, 2.75) is 38.1 Å². The zero-order chi connectivity index (χ0) is 23.4. The van der Waals surface area contributed by atoms with Gasteiger partial charge in [0.25, 0.3) is 15.9 Å². The largest absolute Gasteiger partial charge is 0.371 e. The van der Waals surface area contributed by atoms with Gasteiger partial charge < -0.3 is 10.2 Å². The summed E-state index contributed by atoms with van der Waals surface area (Å²) in [5.74, 6) is -0.295. The smallest absolute Gasteiger partial charge is 0.261 e. The van der Waals surface area contributed by atoms with Gasteiger partial charge in [0, 0.05) is 30.9 Å². The van der Waals surface area contributed by atoms with Crippen LogP contribution in [0.25, 0.3) is 0 Å². The van der Waals surface area contributed by atoms with Crippen molar-refractivity contribution in [2.24, 2.45) is 0 Å². The summed E-state index contributed by atoms with van der Waals surface area (Å²) in [6, 6.07) is 19.9. The van der Waals surface area contributed by atoms with Gasteiger partial charge in [0.05, 0.1) is 10.6 Å². The van der Waals surface area contributed by atoms with Gasteiger partial charge in [-0.05, 0) is 67.6 Å². The molecule has 4 rings (SSSR count). The fourth-order valence-electron chi connectivity index (χ4n) is 4.10. The van der Waals surface area contributed by atoms with Crippen molar-refractivity contribution in [3.8, 4) is 0 Å². The van der Waals surface area contributed by atoms with Crippen LogP contribution in [0.2, 0.25) is 0 Å². The highest BCUT2D eigenvalue weighted by atomic mass is 32.2. The average Bonchev–Trinajstić information content (AvgIpc) is 3.34. The van der Waals surface area contributed by atoms with E-state index < -0.39 is 10.0 Å². The van der Waals surface area contributed by atoms with E-state index in [0.717, 1.165) is 35.5 Å². The molecule has 172 valence electrons. The number of para-hydroxylation sites is 2. The minimum atomic E-state index is -3.83. The number of benzene rings is 3. The second-order valence-corrected chi connectivity index (χ2v) is 10.1. The number of anilines is 2. The Morgan fingerprint density at radius 1 is 0.909 bits per heavy atom. The standard InChI is InChI=1S/C26H29N3O3S/c1-19-13-14-22(33(31,32)28-24-11-5-3-9-20(24)2)17-23(19)26(30)27-18-21-10-4-6-12-25(21)29-15-7-8-16-29/h3-6,9-14,17,28H,7-8,15-16,18H2,1-2H3,(H,27,30). The Balaban J connectivity index is 1.52. The van der Waals surface area contributed by atoms with Gasteiger partial charge in [0.15, 0.2) is 0 Å². The maximum absolute atomic E-state index is 13.0. The van der Waals surface area contributed by atoms with Gasteiger partial charge in [-0.1, -0.05) is 42.5 Å². The number of rotatable bonds is 7. The van der Waals surface area contributed by atoms with Crippen LogP contribution >= 0.6 is 0 Å². The molecule has 0 radical (unpaired) electrons. The molecule has 7 heteroatoms. The summed E-state index contributed by atoms with van der Waals surface area (Å²) < 4.78 is 28.5. The third-order valence-electron chi connectivity index (χ3n) is 6.03. The quantitative estimate of drug-likeness (QED) is 0.535. The first-order valence-corrected chi connectivity index (χ1v) is 12.6. The van der Waals surface area contributed by atoms with Crippen molar-refractivity contribution in [3.05, 3.63) is 89.0 Å². The molecule has 0 spiro atoms. The zero-order valence-corrected chi connectivity index (χ0v) is 19.8. The number of nitrogens with one attached hydrogen (secondary N) is 2. The Labute approximate surface area is 195 Å². The van der Waals surface area contributed by atoms with Gasteiger partial charge in [-0.15, -0.1) is 0 Å². The van der Waals surface area contributed by atoms with E-state index in [9.17, 15) is 13.2 Å². The first kappa shape index (κ1) is 22.9. The number of aryl methyl sites for hydroxylation is 2. The fraction of sp³-hybridized carbons (Fsp3) is 0.269. The molecule has 1 heterocycles. The van der Waals surface area contributed by atoms with Crippen LogP contribution in [0.5, 0.6) is 0 Å². The molecular weight excluding hydrogens is 434 g/mol. The highest BCUT2D eigenvalue weighted by molar-refractivity contribution is 7.92. The fourth-order valence-corrected chi connectivity index (χ4v) is 5.26. The van der Waals surface area contributed by atoms with E-state index in [1.165, 1.54) is 25.0 Å². The summed E-state index contributed by atoms with van der Waals surface area (Å²) in [5, 5.41) is 2.98. The van der Waals surface area contributed by atoms with Crippen LogP contribution in [0, 0.1) is 13.8 Å². The zero-order valence-electron chi connectivity index (χ0n) is 19.0. The van der Waals surface area contributed by atoms with E-state index in [4.69, 9.17) is 0 Å². The molecule has 0 atom stereocenters. The number of sulfonamides is 1. The monoisotopic (exact) mass is 463 g/mol. The second-order valence-electron chi connectivity index (χ2n) is 8.40. The van der Waals surface area contributed by atoms with Crippen molar-refractivity contribution >= 4 is 27.3 Å². The third-order valence-corrected chi connectivity index (χ3v) is 7.39. The molecule has 1 aliphatic heterocycles. The van der Waals surface area contributed by atoms with Crippen molar-refractivity contribution in [1.82, 2.24) is 5.32 Å². The molecule has 0 aliphatic carbocycles. The normalized spacial score (nSPS) is 13.7. The van der Waals surface area contributed by atoms with E-state index in [2.05, 4.69) is 21.0 Å². The van der Waals surface area contributed by atoms with E-state index in [1.807, 2.05) is 37.3 Å². The molecule has 0 bridgehead atoms. The predicted octanol–water partition coefficient (Wildman–Crippen LogP) is 4.63. The third kappa shape index (κ3) is 5.20. The molecule has 6 nitrogen and oxygen atoms in total.